The summed E-state index contributed by atoms with van der Waals surface area (Å²) in [7, 11) is 0. The fourth-order valence-electron chi connectivity index (χ4n) is 3.90. The van der Waals surface area contributed by atoms with Crippen LogP contribution in [0, 0.1) is 0 Å². The van der Waals surface area contributed by atoms with Gasteiger partial charge in [-0.3, -0.25) is 4.79 Å². The van der Waals surface area contributed by atoms with Gasteiger partial charge >= 0.3 is 0 Å². The van der Waals surface area contributed by atoms with Gasteiger partial charge in [0, 0.05) is 33.6 Å². The number of halogens is 1. The average molecular weight is 500 g/mol. The topological polar surface area (TPSA) is 83.8 Å². The Hall–Kier alpha value is -4.14. The van der Waals surface area contributed by atoms with Crippen LogP contribution in [-0.2, 0) is 4.79 Å². The van der Waals surface area contributed by atoms with Gasteiger partial charge in [0.15, 0.2) is 6.61 Å². The van der Waals surface area contributed by atoms with Crippen LogP contribution in [0.15, 0.2) is 88.4 Å². The van der Waals surface area contributed by atoms with Gasteiger partial charge in [-0.15, -0.1) is 11.3 Å². The maximum atomic E-state index is 11.8. The summed E-state index contributed by atoms with van der Waals surface area (Å²) < 4.78 is 7.29. The Labute approximate surface area is 209 Å². The molecule has 0 aliphatic carbocycles. The van der Waals surface area contributed by atoms with Crippen molar-refractivity contribution in [2.45, 2.75) is 0 Å². The number of para-hydroxylation sites is 2. The first-order chi connectivity index (χ1) is 17.2. The lowest BCUT2D eigenvalue weighted by molar-refractivity contribution is -0.118. The van der Waals surface area contributed by atoms with E-state index in [0.717, 1.165) is 27.7 Å². The molecule has 2 N–H and O–H groups in total. The summed E-state index contributed by atoms with van der Waals surface area (Å²) in [6.45, 7) is 0.0145. The first kappa shape index (κ1) is 21.4. The average Bonchev–Trinajstić information content (AvgIpc) is 3.47. The minimum atomic E-state index is -0.181. The zero-order valence-corrected chi connectivity index (χ0v) is 19.8. The van der Waals surface area contributed by atoms with Crippen LogP contribution in [0.25, 0.3) is 22.2 Å². The fraction of sp³-hybridized carbons (Fsp3) is 0.0385. The first-order valence-electron chi connectivity index (χ1n) is 10.8. The molecule has 0 fully saturated rings. The molecule has 172 valence electrons. The van der Waals surface area contributed by atoms with Crippen molar-refractivity contribution in [3.63, 3.8) is 0 Å². The van der Waals surface area contributed by atoms with Crippen molar-refractivity contribution >= 4 is 57.3 Å². The van der Waals surface area contributed by atoms with Gasteiger partial charge in [-0.1, -0.05) is 41.9 Å². The van der Waals surface area contributed by atoms with Crippen molar-refractivity contribution < 1.29 is 9.53 Å². The summed E-state index contributed by atoms with van der Waals surface area (Å²) in [5.41, 5.74) is 4.96. The number of nitrogens with one attached hydrogen (secondary N) is 2. The van der Waals surface area contributed by atoms with E-state index >= 15 is 0 Å². The highest BCUT2D eigenvalue weighted by molar-refractivity contribution is 7.07. The number of aromatic nitrogens is 2. The molecule has 3 heterocycles. The number of ether oxygens (including phenoxy) is 1. The molecule has 0 saturated carbocycles. The Kier molecular flexibility index (Phi) is 5.44. The predicted octanol–water partition coefficient (Wildman–Crippen LogP) is 5.80. The van der Waals surface area contributed by atoms with Gasteiger partial charge in [0.2, 0.25) is 4.80 Å². The molecule has 0 spiro atoms. The number of nitrogens with zero attached hydrogens (tertiary/aromatic N) is 3. The molecule has 5 aromatic rings. The van der Waals surface area contributed by atoms with E-state index in [1.54, 1.807) is 10.7 Å². The molecule has 1 aliphatic heterocycles. The quantitative estimate of drug-likeness (QED) is 0.306. The van der Waals surface area contributed by atoms with Crippen LogP contribution in [0.4, 0.5) is 11.4 Å². The van der Waals surface area contributed by atoms with E-state index in [4.69, 9.17) is 26.4 Å². The smallest absolute Gasteiger partial charge is 0.262 e. The second-order valence-corrected chi connectivity index (χ2v) is 9.10. The maximum absolute atomic E-state index is 11.8. The van der Waals surface area contributed by atoms with Gasteiger partial charge in [-0.05, 0) is 36.4 Å². The van der Waals surface area contributed by atoms with Crippen molar-refractivity contribution in [1.82, 2.24) is 9.66 Å². The zero-order chi connectivity index (χ0) is 23.8. The number of H-pyrrole nitrogens is 1. The third-order valence-corrected chi connectivity index (χ3v) is 6.73. The van der Waals surface area contributed by atoms with Crippen LogP contribution in [0.1, 0.15) is 5.56 Å². The number of hydrogen-bond donors (Lipinski definition) is 2. The number of anilines is 1. The SMILES string of the molecule is O=C1COc2ccc(-c3csc(=Nc4ccccc4Cl)n3N=Cc3c[nH]c4ccccc34)cc2N1. The largest absolute Gasteiger partial charge is 0.482 e. The lowest BCUT2D eigenvalue weighted by atomic mass is 10.1. The standard InChI is InChI=1S/C26H18ClN5O2S/c27-19-6-2-4-8-21(19)31-26-32(29-13-17-12-28-20-7-3-1-5-18(17)20)23(15-35-26)16-9-10-24-22(11-16)30-25(33)14-34-24/h1-13,15,28H,14H2,(H,30,33). The van der Waals surface area contributed by atoms with E-state index in [0.29, 0.717) is 26.9 Å². The molecule has 7 nitrogen and oxygen atoms in total. The number of carbonyl (C=O) groups excluding carboxylic acids is 1. The monoisotopic (exact) mass is 499 g/mol. The van der Waals surface area contributed by atoms with E-state index in [9.17, 15) is 4.79 Å². The molecule has 2 aromatic heterocycles. The van der Waals surface area contributed by atoms with Crippen LogP contribution in [0.3, 0.4) is 0 Å². The summed E-state index contributed by atoms with van der Waals surface area (Å²) in [6, 6.07) is 21.2. The Morgan fingerprint density at radius 3 is 2.86 bits per heavy atom. The van der Waals surface area contributed by atoms with E-state index in [1.165, 1.54) is 11.3 Å². The molecular formula is C26H18ClN5O2S. The van der Waals surface area contributed by atoms with Crippen molar-refractivity contribution in [3.8, 4) is 17.0 Å². The normalized spacial score (nSPS) is 13.7. The number of fused-ring (bicyclic) bond motifs is 2. The Bertz CT molecular complexity index is 1680. The van der Waals surface area contributed by atoms with Crippen LogP contribution >= 0.6 is 22.9 Å². The Morgan fingerprint density at radius 1 is 1.09 bits per heavy atom. The number of rotatable bonds is 4. The fourth-order valence-corrected chi connectivity index (χ4v) is 4.92. The second kappa shape index (κ2) is 8.90. The number of aromatic amines is 1. The molecule has 1 amide bonds. The van der Waals surface area contributed by atoms with Crippen molar-refractivity contribution in [2.24, 2.45) is 10.1 Å². The third kappa shape index (κ3) is 4.14. The van der Waals surface area contributed by atoms with E-state index < -0.39 is 0 Å². The van der Waals surface area contributed by atoms with Gasteiger partial charge in [0.1, 0.15) is 5.75 Å². The number of amides is 1. The lowest BCUT2D eigenvalue weighted by Gasteiger charge is -2.18. The molecule has 1 aliphatic rings. The summed E-state index contributed by atoms with van der Waals surface area (Å²) in [6.07, 6.45) is 3.74. The third-order valence-electron chi connectivity index (χ3n) is 5.60. The summed E-state index contributed by atoms with van der Waals surface area (Å²) >= 11 is 7.82. The van der Waals surface area contributed by atoms with Crippen LogP contribution in [0.5, 0.6) is 5.75 Å². The van der Waals surface area contributed by atoms with E-state index in [-0.39, 0.29) is 12.5 Å². The Morgan fingerprint density at radius 2 is 1.94 bits per heavy atom. The minimum absolute atomic E-state index is 0.0145. The van der Waals surface area contributed by atoms with Gasteiger partial charge in [-0.2, -0.15) is 5.10 Å². The highest BCUT2D eigenvalue weighted by Gasteiger charge is 2.18. The van der Waals surface area contributed by atoms with Gasteiger partial charge in [0.25, 0.3) is 5.91 Å². The summed E-state index contributed by atoms with van der Waals surface area (Å²) in [5.74, 6) is 0.456. The zero-order valence-electron chi connectivity index (χ0n) is 18.2. The molecule has 0 saturated heterocycles. The van der Waals surface area contributed by atoms with Gasteiger partial charge in [-0.25, -0.2) is 9.67 Å². The maximum Gasteiger partial charge on any atom is 0.262 e. The molecular weight excluding hydrogens is 482 g/mol. The summed E-state index contributed by atoms with van der Waals surface area (Å²) in [4.78, 5) is 20.5. The first-order valence-corrected chi connectivity index (χ1v) is 12.1. The molecule has 0 bridgehead atoms. The van der Waals surface area contributed by atoms with Crippen LogP contribution < -0.4 is 14.9 Å². The van der Waals surface area contributed by atoms with Gasteiger partial charge < -0.3 is 15.0 Å². The van der Waals surface area contributed by atoms with E-state index in [2.05, 4.69) is 10.3 Å². The van der Waals surface area contributed by atoms with Crippen molar-refractivity contribution in [1.29, 1.82) is 0 Å². The molecule has 6 rings (SSSR count). The second-order valence-electron chi connectivity index (χ2n) is 7.86. The summed E-state index contributed by atoms with van der Waals surface area (Å²) in [5, 5.41) is 11.3. The lowest BCUT2D eigenvalue weighted by Crippen LogP contribution is -2.25. The highest BCUT2D eigenvalue weighted by atomic mass is 35.5. The predicted molar refractivity (Wildman–Crippen MR) is 140 cm³/mol. The van der Waals surface area contributed by atoms with Crippen LogP contribution in [0.2, 0.25) is 5.02 Å². The molecule has 0 radical (unpaired) electrons. The van der Waals surface area contributed by atoms with Crippen LogP contribution in [-0.4, -0.2) is 28.4 Å². The minimum Gasteiger partial charge on any atom is -0.482 e. The van der Waals surface area contributed by atoms with E-state index in [1.807, 2.05) is 78.5 Å². The number of benzene rings is 3. The van der Waals surface area contributed by atoms with Crippen molar-refractivity contribution in [2.75, 3.05) is 11.9 Å². The van der Waals surface area contributed by atoms with Gasteiger partial charge in [0.05, 0.1) is 28.3 Å². The Balaban J connectivity index is 1.50. The molecule has 0 unspecified atom stereocenters. The molecule has 9 heteroatoms. The molecule has 3 aromatic carbocycles. The number of hydrogen-bond acceptors (Lipinski definition) is 5. The number of thiazole rings is 1. The number of carbonyl (C=O) groups is 1. The molecule has 35 heavy (non-hydrogen) atoms. The molecule has 0 atom stereocenters. The highest BCUT2D eigenvalue weighted by Crippen LogP contribution is 2.33. The van der Waals surface area contributed by atoms with Crippen molar-refractivity contribution in [3.05, 3.63) is 93.7 Å².